The third-order valence-electron chi connectivity index (χ3n) is 1.90. The molecule has 1 fully saturated rings. The van der Waals surface area contributed by atoms with Crippen LogP contribution in [0.15, 0.2) is 12.3 Å². The van der Waals surface area contributed by atoms with Gasteiger partial charge in [-0.2, -0.15) is 0 Å². The van der Waals surface area contributed by atoms with Gasteiger partial charge in [-0.1, -0.05) is 20.4 Å². The van der Waals surface area contributed by atoms with Crippen LogP contribution in [0.1, 0.15) is 26.7 Å². The third-order valence-corrected chi connectivity index (χ3v) is 1.90. The number of allylic oxidation sites excluding steroid dienone is 1. The Morgan fingerprint density at radius 2 is 1.83 bits per heavy atom. The van der Waals surface area contributed by atoms with Crippen molar-refractivity contribution in [2.24, 2.45) is 5.92 Å². The second-order valence-corrected chi connectivity index (χ2v) is 2.74. The zero-order chi connectivity index (χ0) is 9.78. The summed E-state index contributed by atoms with van der Waals surface area (Å²) in [5.41, 5.74) is 0.728. The molecular formula is C9H17F2N. The Labute approximate surface area is 72.9 Å². The second-order valence-electron chi connectivity index (χ2n) is 2.74. The van der Waals surface area contributed by atoms with Gasteiger partial charge in [0, 0.05) is 31.5 Å². The number of hydrogen-bond donors (Lipinski definition) is 1. The maximum absolute atomic E-state index is 12.2. The zero-order valence-corrected chi connectivity index (χ0v) is 7.95. The highest BCUT2D eigenvalue weighted by Crippen LogP contribution is 2.44. The first kappa shape index (κ1) is 11.4. The van der Waals surface area contributed by atoms with Crippen LogP contribution in [0, 0.1) is 5.92 Å². The van der Waals surface area contributed by atoms with Gasteiger partial charge < -0.3 is 5.32 Å². The summed E-state index contributed by atoms with van der Waals surface area (Å²) >= 11 is 0. The molecule has 0 atom stereocenters. The molecule has 0 amide bonds. The summed E-state index contributed by atoms with van der Waals surface area (Å²) in [6.45, 7) is 7.62. The fourth-order valence-electron chi connectivity index (χ4n) is 1.11. The molecule has 0 bridgehead atoms. The molecule has 3 heteroatoms. The standard InChI is InChI=1S/C7H11F2N.C2H6/c1-5(10-2)6-3-7(8,9)4-6;1-2/h6,10H,1,3-4H2,2H3;1-2H3. The van der Waals surface area contributed by atoms with E-state index in [9.17, 15) is 8.78 Å². The van der Waals surface area contributed by atoms with E-state index in [0.717, 1.165) is 5.70 Å². The van der Waals surface area contributed by atoms with E-state index in [0.29, 0.717) is 0 Å². The molecular weight excluding hydrogens is 160 g/mol. The quantitative estimate of drug-likeness (QED) is 0.684. The summed E-state index contributed by atoms with van der Waals surface area (Å²) in [5, 5.41) is 2.78. The topological polar surface area (TPSA) is 12.0 Å². The van der Waals surface area contributed by atoms with Crippen LogP contribution in [0.4, 0.5) is 8.78 Å². The van der Waals surface area contributed by atoms with Crippen molar-refractivity contribution in [2.45, 2.75) is 32.6 Å². The van der Waals surface area contributed by atoms with Gasteiger partial charge in [-0.15, -0.1) is 0 Å². The maximum Gasteiger partial charge on any atom is 0.249 e. The lowest BCUT2D eigenvalue weighted by Crippen LogP contribution is -2.38. The molecule has 0 aromatic carbocycles. The van der Waals surface area contributed by atoms with Gasteiger partial charge in [-0.05, 0) is 0 Å². The molecule has 1 saturated carbocycles. The fourth-order valence-corrected chi connectivity index (χ4v) is 1.11. The lowest BCUT2D eigenvalue weighted by atomic mass is 9.79. The van der Waals surface area contributed by atoms with Crippen LogP contribution >= 0.6 is 0 Å². The Hall–Kier alpha value is -0.600. The maximum atomic E-state index is 12.2. The largest absolute Gasteiger partial charge is 0.392 e. The fraction of sp³-hybridized carbons (Fsp3) is 0.778. The van der Waals surface area contributed by atoms with Gasteiger partial charge in [0.25, 0.3) is 0 Å². The molecule has 0 heterocycles. The van der Waals surface area contributed by atoms with E-state index in [2.05, 4.69) is 11.9 Å². The van der Waals surface area contributed by atoms with E-state index < -0.39 is 5.92 Å². The van der Waals surface area contributed by atoms with Crippen molar-refractivity contribution in [3.63, 3.8) is 0 Å². The average molecular weight is 177 g/mol. The number of nitrogens with one attached hydrogen (secondary N) is 1. The Morgan fingerprint density at radius 3 is 2.08 bits per heavy atom. The Morgan fingerprint density at radius 1 is 1.42 bits per heavy atom. The molecule has 72 valence electrons. The van der Waals surface area contributed by atoms with E-state index in [1.54, 1.807) is 7.05 Å². The summed E-state index contributed by atoms with van der Waals surface area (Å²) in [5.74, 6) is -2.44. The van der Waals surface area contributed by atoms with E-state index in [-0.39, 0.29) is 18.8 Å². The highest BCUT2D eigenvalue weighted by atomic mass is 19.3. The summed E-state index contributed by atoms with van der Waals surface area (Å²) in [6, 6.07) is 0. The molecule has 0 radical (unpaired) electrons. The number of rotatable bonds is 2. The van der Waals surface area contributed by atoms with Crippen molar-refractivity contribution in [1.82, 2.24) is 5.32 Å². The molecule has 1 aliphatic rings. The molecule has 0 saturated heterocycles. The minimum Gasteiger partial charge on any atom is -0.392 e. The number of alkyl halides is 2. The predicted octanol–water partition coefficient (Wildman–Crippen LogP) is 2.79. The summed E-state index contributed by atoms with van der Waals surface area (Å²) < 4.78 is 24.4. The monoisotopic (exact) mass is 177 g/mol. The Kier molecular flexibility index (Phi) is 4.21. The molecule has 0 unspecified atom stereocenters. The summed E-state index contributed by atoms with van der Waals surface area (Å²) in [7, 11) is 1.71. The molecule has 0 aliphatic heterocycles. The molecule has 12 heavy (non-hydrogen) atoms. The van der Waals surface area contributed by atoms with Crippen molar-refractivity contribution in [3.05, 3.63) is 12.3 Å². The molecule has 0 aromatic heterocycles. The molecule has 0 spiro atoms. The second kappa shape index (κ2) is 4.43. The Balaban J connectivity index is 0.000000561. The lowest BCUT2D eigenvalue weighted by molar-refractivity contribution is -0.100. The highest BCUT2D eigenvalue weighted by Gasteiger charge is 2.46. The van der Waals surface area contributed by atoms with Crippen LogP contribution < -0.4 is 5.32 Å². The van der Waals surface area contributed by atoms with E-state index >= 15 is 0 Å². The van der Waals surface area contributed by atoms with E-state index in [1.807, 2.05) is 13.8 Å². The third kappa shape index (κ3) is 2.80. The van der Waals surface area contributed by atoms with Crippen LogP contribution in [-0.2, 0) is 0 Å². The zero-order valence-electron chi connectivity index (χ0n) is 7.95. The van der Waals surface area contributed by atoms with Crippen LogP contribution in [0.3, 0.4) is 0 Å². The van der Waals surface area contributed by atoms with Crippen molar-refractivity contribution in [2.75, 3.05) is 7.05 Å². The van der Waals surface area contributed by atoms with Crippen LogP contribution in [0.25, 0.3) is 0 Å². The molecule has 1 N–H and O–H groups in total. The van der Waals surface area contributed by atoms with Crippen LogP contribution in [0.5, 0.6) is 0 Å². The minimum absolute atomic E-state index is 0.0139. The first-order chi connectivity index (χ1) is 5.55. The summed E-state index contributed by atoms with van der Waals surface area (Å²) in [6.07, 6.45) is -0.0701. The van der Waals surface area contributed by atoms with Gasteiger partial charge >= 0.3 is 0 Å². The molecule has 1 rings (SSSR count). The Bertz CT molecular complexity index is 147. The van der Waals surface area contributed by atoms with E-state index in [4.69, 9.17) is 0 Å². The van der Waals surface area contributed by atoms with Gasteiger partial charge in [0.15, 0.2) is 0 Å². The van der Waals surface area contributed by atoms with Gasteiger partial charge in [0.05, 0.1) is 0 Å². The van der Waals surface area contributed by atoms with Gasteiger partial charge in [-0.25, -0.2) is 8.78 Å². The predicted molar refractivity (Wildman–Crippen MR) is 47.2 cm³/mol. The van der Waals surface area contributed by atoms with Crippen molar-refractivity contribution >= 4 is 0 Å². The van der Waals surface area contributed by atoms with Crippen molar-refractivity contribution in [3.8, 4) is 0 Å². The van der Waals surface area contributed by atoms with Gasteiger partial charge in [0.2, 0.25) is 5.92 Å². The highest BCUT2D eigenvalue weighted by molar-refractivity contribution is 5.06. The first-order valence-electron chi connectivity index (χ1n) is 4.29. The first-order valence-corrected chi connectivity index (χ1v) is 4.29. The smallest absolute Gasteiger partial charge is 0.249 e. The number of halogens is 2. The van der Waals surface area contributed by atoms with Crippen LogP contribution in [0.2, 0.25) is 0 Å². The number of hydrogen-bond acceptors (Lipinski definition) is 1. The molecule has 1 aliphatic carbocycles. The average Bonchev–Trinajstić information content (AvgIpc) is 2.02. The van der Waals surface area contributed by atoms with Gasteiger partial charge in [0.1, 0.15) is 0 Å². The van der Waals surface area contributed by atoms with Crippen LogP contribution in [-0.4, -0.2) is 13.0 Å². The normalized spacial score (nSPS) is 20.1. The molecule has 0 aromatic rings. The minimum atomic E-state index is -2.43. The lowest BCUT2D eigenvalue weighted by Gasteiger charge is -2.35. The van der Waals surface area contributed by atoms with Crippen molar-refractivity contribution < 1.29 is 8.78 Å². The SMILES string of the molecule is C=C(NC)C1CC(F)(F)C1.CC. The van der Waals surface area contributed by atoms with Crippen molar-refractivity contribution in [1.29, 1.82) is 0 Å². The molecule has 1 nitrogen and oxygen atoms in total. The van der Waals surface area contributed by atoms with E-state index in [1.165, 1.54) is 0 Å². The van der Waals surface area contributed by atoms with Gasteiger partial charge in [-0.3, -0.25) is 0 Å². The summed E-state index contributed by atoms with van der Waals surface area (Å²) in [4.78, 5) is 0.